The first-order valence-electron chi connectivity index (χ1n) is 5.67. The second-order valence-electron chi connectivity index (χ2n) is 4.28. The molecule has 1 aliphatic rings. The van der Waals surface area contributed by atoms with Crippen LogP contribution in [0.5, 0.6) is 0 Å². The second-order valence-corrected chi connectivity index (χ2v) is 4.28. The fourth-order valence-corrected chi connectivity index (χ4v) is 1.90. The first-order valence-corrected chi connectivity index (χ1v) is 5.67. The van der Waals surface area contributed by atoms with E-state index in [1.54, 1.807) is 13.0 Å². The predicted octanol–water partition coefficient (Wildman–Crippen LogP) is 3.44. The lowest BCUT2D eigenvalue weighted by atomic mass is 9.85. The van der Waals surface area contributed by atoms with Crippen molar-refractivity contribution in [2.75, 3.05) is 6.61 Å². The Bertz CT molecular complexity index is 196. The molecule has 0 aromatic carbocycles. The molecule has 0 heterocycles. The lowest BCUT2D eigenvalue weighted by Crippen LogP contribution is -2.41. The molecule has 1 nitrogen and oxygen atoms in total. The van der Waals surface area contributed by atoms with Crippen molar-refractivity contribution in [3.63, 3.8) is 0 Å². The molecule has 0 N–H and O–H groups in total. The molecule has 0 amide bonds. The smallest absolute Gasteiger partial charge is 0.157 e. The maximum atomic E-state index is 13.5. The quantitative estimate of drug-likeness (QED) is 0.507. The molecule has 1 rings (SSSR count). The summed E-state index contributed by atoms with van der Waals surface area (Å²) in [7, 11) is 0. The van der Waals surface area contributed by atoms with Gasteiger partial charge in [-0.3, -0.25) is 0 Å². The van der Waals surface area contributed by atoms with Gasteiger partial charge in [-0.2, -0.15) is 0 Å². The van der Waals surface area contributed by atoms with Crippen LogP contribution in [0, 0.1) is 5.92 Å². The van der Waals surface area contributed by atoms with E-state index in [9.17, 15) is 8.78 Å². The molecule has 0 aliphatic heterocycles. The molecule has 15 heavy (non-hydrogen) atoms. The van der Waals surface area contributed by atoms with Crippen LogP contribution in [0.15, 0.2) is 12.7 Å². The number of unbranched alkanes of at least 4 members (excludes halogenated alkanes) is 1. The van der Waals surface area contributed by atoms with Gasteiger partial charge in [-0.1, -0.05) is 13.0 Å². The van der Waals surface area contributed by atoms with E-state index in [-0.39, 0.29) is 5.92 Å². The highest BCUT2D eigenvalue weighted by Gasteiger charge is 2.38. The van der Waals surface area contributed by atoms with Crippen molar-refractivity contribution in [2.24, 2.45) is 5.92 Å². The van der Waals surface area contributed by atoms with Crippen LogP contribution in [0.2, 0.25) is 0 Å². The Morgan fingerprint density at radius 1 is 1.33 bits per heavy atom. The van der Waals surface area contributed by atoms with Crippen molar-refractivity contribution < 1.29 is 13.5 Å². The fourth-order valence-electron chi connectivity index (χ4n) is 1.90. The third-order valence-corrected chi connectivity index (χ3v) is 2.99. The summed E-state index contributed by atoms with van der Waals surface area (Å²) < 4.78 is 32.2. The van der Waals surface area contributed by atoms with Gasteiger partial charge in [0.2, 0.25) is 0 Å². The highest BCUT2D eigenvalue weighted by atomic mass is 19.2. The topological polar surface area (TPSA) is 9.23 Å². The Kier molecular flexibility index (Phi) is 5.23. The van der Waals surface area contributed by atoms with Gasteiger partial charge in [-0.15, -0.1) is 6.58 Å². The number of hydrogen-bond donors (Lipinski definition) is 0. The molecule has 1 aliphatic carbocycles. The SMILES string of the molecule is C=CCCCOC1CCC(C)C(F)C1F. The summed E-state index contributed by atoms with van der Waals surface area (Å²) in [5, 5.41) is 0. The highest BCUT2D eigenvalue weighted by Crippen LogP contribution is 2.31. The molecule has 3 heteroatoms. The fraction of sp³-hybridized carbons (Fsp3) is 0.833. The molecular formula is C12H20F2O. The minimum atomic E-state index is -1.45. The van der Waals surface area contributed by atoms with Crippen LogP contribution in [0.1, 0.15) is 32.6 Å². The van der Waals surface area contributed by atoms with E-state index in [2.05, 4.69) is 6.58 Å². The Labute approximate surface area is 90.5 Å². The normalized spacial score (nSPS) is 36.5. The lowest BCUT2D eigenvalue weighted by Gasteiger charge is -2.32. The van der Waals surface area contributed by atoms with E-state index >= 15 is 0 Å². The summed E-state index contributed by atoms with van der Waals surface area (Å²) in [5.41, 5.74) is 0. The van der Waals surface area contributed by atoms with Gasteiger partial charge in [0, 0.05) is 6.61 Å². The predicted molar refractivity (Wildman–Crippen MR) is 57.4 cm³/mol. The van der Waals surface area contributed by atoms with Gasteiger partial charge >= 0.3 is 0 Å². The Hall–Kier alpha value is -0.440. The van der Waals surface area contributed by atoms with E-state index < -0.39 is 18.4 Å². The molecule has 4 unspecified atom stereocenters. The average molecular weight is 218 g/mol. The molecule has 0 aromatic rings. The van der Waals surface area contributed by atoms with Crippen LogP contribution in [0.25, 0.3) is 0 Å². The van der Waals surface area contributed by atoms with Crippen molar-refractivity contribution in [1.82, 2.24) is 0 Å². The maximum absolute atomic E-state index is 13.5. The zero-order valence-corrected chi connectivity index (χ0v) is 9.29. The van der Waals surface area contributed by atoms with Gasteiger partial charge in [-0.25, -0.2) is 8.78 Å². The molecule has 0 saturated heterocycles. The molecule has 1 saturated carbocycles. The van der Waals surface area contributed by atoms with Crippen LogP contribution >= 0.6 is 0 Å². The van der Waals surface area contributed by atoms with Gasteiger partial charge in [0.05, 0.1) is 6.10 Å². The summed E-state index contributed by atoms with van der Waals surface area (Å²) in [4.78, 5) is 0. The summed E-state index contributed by atoms with van der Waals surface area (Å²) in [5.74, 6) is -0.173. The molecule has 0 radical (unpaired) electrons. The summed E-state index contributed by atoms with van der Waals surface area (Å²) in [6, 6.07) is 0. The van der Waals surface area contributed by atoms with Gasteiger partial charge in [0.1, 0.15) is 6.17 Å². The largest absolute Gasteiger partial charge is 0.375 e. The molecule has 0 bridgehead atoms. The van der Waals surface area contributed by atoms with Crippen LogP contribution in [-0.2, 0) is 4.74 Å². The zero-order chi connectivity index (χ0) is 11.3. The van der Waals surface area contributed by atoms with Crippen LogP contribution in [0.4, 0.5) is 8.78 Å². The monoisotopic (exact) mass is 218 g/mol. The van der Waals surface area contributed by atoms with Crippen molar-refractivity contribution in [2.45, 2.75) is 51.1 Å². The molecular weight excluding hydrogens is 198 g/mol. The first kappa shape index (κ1) is 12.6. The third-order valence-electron chi connectivity index (χ3n) is 2.99. The van der Waals surface area contributed by atoms with E-state index in [0.29, 0.717) is 19.4 Å². The molecule has 0 aromatic heterocycles. The number of hydrogen-bond acceptors (Lipinski definition) is 1. The minimum Gasteiger partial charge on any atom is -0.375 e. The molecule has 1 fully saturated rings. The summed E-state index contributed by atoms with van der Waals surface area (Å²) in [6.07, 6.45) is 1.50. The average Bonchev–Trinajstić information content (AvgIpc) is 2.24. The van der Waals surface area contributed by atoms with Gasteiger partial charge in [-0.05, 0) is 31.6 Å². The van der Waals surface area contributed by atoms with E-state index in [4.69, 9.17) is 4.74 Å². The van der Waals surface area contributed by atoms with Crippen molar-refractivity contribution in [3.05, 3.63) is 12.7 Å². The number of alkyl halides is 2. The van der Waals surface area contributed by atoms with Crippen molar-refractivity contribution in [1.29, 1.82) is 0 Å². The maximum Gasteiger partial charge on any atom is 0.157 e. The zero-order valence-electron chi connectivity index (χ0n) is 9.29. The standard InChI is InChI=1S/C12H20F2O/c1-3-4-5-8-15-10-7-6-9(2)11(13)12(10)14/h3,9-12H,1,4-8H2,2H3. The van der Waals surface area contributed by atoms with Gasteiger partial charge in [0.15, 0.2) is 6.17 Å². The highest BCUT2D eigenvalue weighted by molar-refractivity contribution is 4.87. The van der Waals surface area contributed by atoms with E-state index in [1.165, 1.54) is 0 Å². The van der Waals surface area contributed by atoms with Crippen molar-refractivity contribution >= 4 is 0 Å². The Morgan fingerprint density at radius 3 is 2.73 bits per heavy atom. The summed E-state index contributed by atoms with van der Waals surface area (Å²) in [6.45, 7) is 5.85. The van der Waals surface area contributed by atoms with Crippen LogP contribution < -0.4 is 0 Å². The number of ether oxygens (including phenoxy) is 1. The van der Waals surface area contributed by atoms with Gasteiger partial charge < -0.3 is 4.74 Å². The van der Waals surface area contributed by atoms with Gasteiger partial charge in [0.25, 0.3) is 0 Å². The summed E-state index contributed by atoms with van der Waals surface area (Å²) >= 11 is 0. The minimum absolute atomic E-state index is 0.173. The third kappa shape index (κ3) is 3.56. The van der Waals surface area contributed by atoms with E-state index in [1.807, 2.05) is 0 Å². The molecule has 88 valence electrons. The van der Waals surface area contributed by atoms with Crippen molar-refractivity contribution in [3.8, 4) is 0 Å². The Morgan fingerprint density at radius 2 is 2.07 bits per heavy atom. The molecule has 4 atom stereocenters. The molecule has 0 spiro atoms. The Balaban J connectivity index is 2.26. The first-order chi connectivity index (χ1) is 7.16. The number of halogens is 2. The second kappa shape index (κ2) is 6.21. The van der Waals surface area contributed by atoms with Crippen LogP contribution in [-0.4, -0.2) is 25.1 Å². The number of rotatable bonds is 5. The van der Waals surface area contributed by atoms with E-state index in [0.717, 1.165) is 12.8 Å². The lowest BCUT2D eigenvalue weighted by molar-refractivity contribution is -0.0715. The number of allylic oxidation sites excluding steroid dienone is 1. The van der Waals surface area contributed by atoms with Crippen LogP contribution in [0.3, 0.4) is 0 Å².